The minimum absolute atomic E-state index is 0.0412. The molecule has 1 aliphatic rings. The second kappa shape index (κ2) is 8.48. The second-order valence-electron chi connectivity index (χ2n) is 7.65. The topological polar surface area (TPSA) is 47.4 Å². The van der Waals surface area contributed by atoms with Crippen LogP contribution in [0.4, 0.5) is 0 Å². The van der Waals surface area contributed by atoms with Crippen molar-refractivity contribution < 1.29 is 9.53 Å². The van der Waals surface area contributed by atoms with Crippen LogP contribution in [0.3, 0.4) is 0 Å². The van der Waals surface area contributed by atoms with Gasteiger partial charge in [-0.3, -0.25) is 4.79 Å². The van der Waals surface area contributed by atoms with E-state index in [1.54, 1.807) is 16.9 Å². The van der Waals surface area contributed by atoms with Gasteiger partial charge in [-0.2, -0.15) is 5.10 Å². The molecule has 5 heteroatoms. The number of rotatable bonds is 5. The highest BCUT2D eigenvalue weighted by molar-refractivity contribution is 5.92. The molecule has 2 heterocycles. The van der Waals surface area contributed by atoms with Gasteiger partial charge < -0.3 is 9.64 Å². The van der Waals surface area contributed by atoms with Gasteiger partial charge in [0.15, 0.2) is 12.4 Å². The number of nitrogens with zero attached hydrogens (tertiary/aromatic N) is 3. The fourth-order valence-corrected chi connectivity index (χ4v) is 3.89. The Morgan fingerprint density at radius 2 is 1.55 bits per heavy atom. The summed E-state index contributed by atoms with van der Waals surface area (Å²) in [4.78, 5) is 14.7. The average Bonchev–Trinajstić information content (AvgIpc) is 3.32. The van der Waals surface area contributed by atoms with Crippen molar-refractivity contribution in [2.24, 2.45) is 0 Å². The Kier molecular flexibility index (Phi) is 5.23. The largest absolute Gasteiger partial charge is 0.471 e. The maximum atomic E-state index is 12.9. The Balaban J connectivity index is 1.20. The van der Waals surface area contributed by atoms with E-state index in [-0.39, 0.29) is 12.6 Å². The molecule has 0 atom stereocenters. The van der Waals surface area contributed by atoms with Crippen molar-refractivity contribution in [2.75, 3.05) is 6.54 Å². The summed E-state index contributed by atoms with van der Waals surface area (Å²) in [5.41, 5.74) is 5.29. The van der Waals surface area contributed by atoms with Crippen molar-refractivity contribution in [3.63, 3.8) is 0 Å². The van der Waals surface area contributed by atoms with Gasteiger partial charge in [0.25, 0.3) is 5.91 Å². The summed E-state index contributed by atoms with van der Waals surface area (Å²) in [5.74, 6) is 0.719. The molecular weight excluding hydrogens is 386 g/mol. The second-order valence-corrected chi connectivity index (χ2v) is 7.65. The molecule has 0 saturated carbocycles. The lowest BCUT2D eigenvalue weighted by molar-refractivity contribution is 0.0726. The fraction of sp³-hybridized carbons (Fsp3) is 0.154. The van der Waals surface area contributed by atoms with Crippen LogP contribution in [0.1, 0.15) is 21.6 Å². The van der Waals surface area contributed by atoms with Crippen LogP contribution in [0.5, 0.6) is 5.75 Å². The van der Waals surface area contributed by atoms with Crippen LogP contribution in [-0.4, -0.2) is 27.1 Å². The Labute approximate surface area is 181 Å². The van der Waals surface area contributed by atoms with Crippen LogP contribution < -0.4 is 4.74 Å². The summed E-state index contributed by atoms with van der Waals surface area (Å²) in [7, 11) is 0. The van der Waals surface area contributed by atoms with E-state index in [9.17, 15) is 4.79 Å². The first-order chi connectivity index (χ1) is 15.3. The highest BCUT2D eigenvalue weighted by atomic mass is 16.5. The van der Waals surface area contributed by atoms with E-state index in [2.05, 4.69) is 29.4 Å². The van der Waals surface area contributed by atoms with Crippen LogP contribution >= 0.6 is 0 Å². The standard InChI is InChI=1S/C26H23N3O2/c30-26(28-16-14-21-8-4-5-9-23(21)18-28)25-15-17-29(27-25)19-31-24-12-10-22(11-13-24)20-6-2-1-3-7-20/h1-13,15,17H,14,16,18-19H2. The zero-order valence-electron chi connectivity index (χ0n) is 17.1. The minimum atomic E-state index is -0.0412. The molecule has 1 aromatic heterocycles. The summed E-state index contributed by atoms with van der Waals surface area (Å²) >= 11 is 0. The zero-order chi connectivity index (χ0) is 21.0. The number of fused-ring (bicyclic) bond motifs is 1. The number of hydrogen-bond donors (Lipinski definition) is 0. The number of aromatic nitrogens is 2. The molecule has 0 unspecified atom stereocenters. The van der Waals surface area contributed by atoms with Crippen molar-refractivity contribution in [2.45, 2.75) is 19.7 Å². The van der Waals surface area contributed by atoms with E-state index < -0.39 is 0 Å². The average molecular weight is 409 g/mol. The molecule has 5 nitrogen and oxygen atoms in total. The number of carbonyl (C=O) groups excluding carboxylic acids is 1. The van der Waals surface area contributed by atoms with Crippen LogP contribution in [0.15, 0.2) is 91.1 Å². The molecule has 5 rings (SSSR count). The Bertz CT molecular complexity index is 1180. The molecule has 3 aromatic carbocycles. The third-order valence-corrected chi connectivity index (χ3v) is 5.60. The van der Waals surface area contributed by atoms with E-state index in [0.29, 0.717) is 18.8 Å². The fourth-order valence-electron chi connectivity index (χ4n) is 3.89. The van der Waals surface area contributed by atoms with Gasteiger partial charge in [-0.1, -0.05) is 66.7 Å². The van der Waals surface area contributed by atoms with Gasteiger partial charge >= 0.3 is 0 Å². The predicted octanol–water partition coefficient (Wildman–Crippen LogP) is 4.79. The molecule has 1 amide bonds. The summed E-state index contributed by atoms with van der Waals surface area (Å²) in [5, 5.41) is 4.42. The Hall–Kier alpha value is -3.86. The van der Waals surface area contributed by atoms with Gasteiger partial charge in [0, 0.05) is 19.3 Å². The number of hydrogen-bond acceptors (Lipinski definition) is 3. The Morgan fingerprint density at radius 3 is 2.35 bits per heavy atom. The lowest BCUT2D eigenvalue weighted by Gasteiger charge is -2.28. The molecule has 0 saturated heterocycles. The molecule has 1 aliphatic heterocycles. The van der Waals surface area contributed by atoms with E-state index in [1.165, 1.54) is 16.7 Å². The van der Waals surface area contributed by atoms with E-state index in [0.717, 1.165) is 17.7 Å². The first-order valence-electron chi connectivity index (χ1n) is 10.4. The first kappa shape index (κ1) is 19.1. The van der Waals surface area contributed by atoms with E-state index in [4.69, 9.17) is 4.74 Å². The first-order valence-corrected chi connectivity index (χ1v) is 10.4. The highest BCUT2D eigenvalue weighted by Gasteiger charge is 2.23. The van der Waals surface area contributed by atoms with Crippen LogP contribution in [0.2, 0.25) is 0 Å². The van der Waals surface area contributed by atoms with Crippen molar-refractivity contribution in [3.05, 3.63) is 108 Å². The molecule has 0 bridgehead atoms. The number of ether oxygens (including phenoxy) is 1. The van der Waals surface area contributed by atoms with Gasteiger partial charge in [-0.15, -0.1) is 0 Å². The maximum absolute atomic E-state index is 12.9. The molecule has 0 fully saturated rings. The van der Waals surface area contributed by atoms with E-state index >= 15 is 0 Å². The molecule has 0 radical (unpaired) electrons. The molecule has 4 aromatic rings. The van der Waals surface area contributed by atoms with Crippen LogP contribution in [0, 0.1) is 0 Å². The van der Waals surface area contributed by atoms with Crippen molar-refractivity contribution in [1.82, 2.24) is 14.7 Å². The quantitative estimate of drug-likeness (QED) is 0.476. The molecule has 31 heavy (non-hydrogen) atoms. The lowest BCUT2D eigenvalue weighted by atomic mass is 10.00. The minimum Gasteiger partial charge on any atom is -0.471 e. The zero-order valence-corrected chi connectivity index (χ0v) is 17.1. The molecule has 0 N–H and O–H groups in total. The Morgan fingerprint density at radius 1 is 0.839 bits per heavy atom. The van der Waals surface area contributed by atoms with Gasteiger partial charge in [-0.05, 0) is 46.9 Å². The van der Waals surface area contributed by atoms with Crippen molar-refractivity contribution >= 4 is 5.91 Å². The number of benzene rings is 3. The van der Waals surface area contributed by atoms with Gasteiger partial charge in [0.05, 0.1) is 0 Å². The van der Waals surface area contributed by atoms with Gasteiger partial charge in [0.1, 0.15) is 5.75 Å². The van der Waals surface area contributed by atoms with Gasteiger partial charge in [0.2, 0.25) is 0 Å². The lowest BCUT2D eigenvalue weighted by Crippen LogP contribution is -2.36. The normalized spacial score (nSPS) is 13.0. The number of carbonyl (C=O) groups is 1. The molecule has 154 valence electrons. The smallest absolute Gasteiger partial charge is 0.274 e. The summed E-state index contributed by atoms with van der Waals surface area (Å²) in [6, 6.07) is 28.2. The third-order valence-electron chi connectivity index (χ3n) is 5.60. The van der Waals surface area contributed by atoms with Gasteiger partial charge in [-0.25, -0.2) is 4.68 Å². The van der Waals surface area contributed by atoms with Crippen LogP contribution in [-0.2, 0) is 19.7 Å². The maximum Gasteiger partial charge on any atom is 0.274 e. The number of amides is 1. The summed E-state index contributed by atoms with van der Waals surface area (Å²) < 4.78 is 7.49. The molecule has 0 spiro atoms. The highest BCUT2D eigenvalue weighted by Crippen LogP contribution is 2.22. The van der Waals surface area contributed by atoms with E-state index in [1.807, 2.05) is 59.5 Å². The molecular formula is C26H23N3O2. The van der Waals surface area contributed by atoms with Crippen molar-refractivity contribution in [1.29, 1.82) is 0 Å². The SMILES string of the molecule is O=C(c1ccn(COc2ccc(-c3ccccc3)cc2)n1)N1CCc2ccccc2C1. The van der Waals surface area contributed by atoms with Crippen LogP contribution in [0.25, 0.3) is 11.1 Å². The predicted molar refractivity (Wildman–Crippen MR) is 120 cm³/mol. The third kappa shape index (κ3) is 4.21. The monoisotopic (exact) mass is 409 g/mol. The summed E-state index contributed by atoms with van der Waals surface area (Å²) in [6.45, 7) is 1.60. The van der Waals surface area contributed by atoms with Crippen molar-refractivity contribution in [3.8, 4) is 16.9 Å². The summed E-state index contributed by atoms with van der Waals surface area (Å²) in [6.07, 6.45) is 2.66. The molecule has 0 aliphatic carbocycles.